The van der Waals surface area contributed by atoms with Gasteiger partial charge in [0.2, 0.25) is 0 Å². The van der Waals surface area contributed by atoms with Gasteiger partial charge >= 0.3 is 11.7 Å². The fourth-order valence-electron chi connectivity index (χ4n) is 1.24. The van der Waals surface area contributed by atoms with E-state index < -0.39 is 22.1 Å². The van der Waals surface area contributed by atoms with E-state index in [1.54, 1.807) is 0 Å². The van der Waals surface area contributed by atoms with Crippen molar-refractivity contribution in [2.45, 2.75) is 18.9 Å². The van der Waals surface area contributed by atoms with Crippen LogP contribution in [0, 0.1) is 10.1 Å². The SMILES string of the molecule is O=C(O)c1c(OC2CC2)cncc1[N+](=O)[O-]. The first-order chi connectivity index (χ1) is 7.59. The number of pyridine rings is 1. The van der Waals surface area contributed by atoms with Gasteiger partial charge in [-0.3, -0.25) is 15.1 Å². The van der Waals surface area contributed by atoms with Crippen LogP contribution in [0.3, 0.4) is 0 Å². The lowest BCUT2D eigenvalue weighted by Gasteiger charge is -2.06. The summed E-state index contributed by atoms with van der Waals surface area (Å²) in [5.74, 6) is -1.42. The molecule has 0 atom stereocenters. The normalized spacial score (nSPS) is 14.5. The van der Waals surface area contributed by atoms with Crippen LogP contribution in [-0.4, -0.2) is 27.1 Å². The molecule has 0 unspecified atom stereocenters. The Hall–Kier alpha value is -2.18. The molecule has 0 amide bonds. The van der Waals surface area contributed by atoms with Crippen molar-refractivity contribution in [3.8, 4) is 5.75 Å². The van der Waals surface area contributed by atoms with Crippen molar-refractivity contribution in [3.05, 3.63) is 28.1 Å². The maximum Gasteiger partial charge on any atom is 0.346 e. The summed E-state index contributed by atoms with van der Waals surface area (Å²) in [4.78, 5) is 24.4. The number of carboxylic acids is 1. The van der Waals surface area contributed by atoms with Gasteiger partial charge in [0.1, 0.15) is 6.20 Å². The zero-order chi connectivity index (χ0) is 11.7. The Kier molecular flexibility index (Phi) is 2.43. The number of carbonyl (C=O) groups is 1. The molecule has 1 aliphatic rings. The fourth-order valence-corrected chi connectivity index (χ4v) is 1.24. The highest BCUT2D eigenvalue weighted by Gasteiger charge is 2.30. The predicted molar refractivity (Wildman–Crippen MR) is 51.5 cm³/mol. The van der Waals surface area contributed by atoms with Crippen LogP contribution < -0.4 is 4.74 Å². The van der Waals surface area contributed by atoms with E-state index in [2.05, 4.69) is 4.98 Å². The molecule has 1 saturated carbocycles. The third-order valence-electron chi connectivity index (χ3n) is 2.12. The van der Waals surface area contributed by atoms with Crippen molar-refractivity contribution in [1.82, 2.24) is 4.98 Å². The highest BCUT2D eigenvalue weighted by molar-refractivity contribution is 5.95. The van der Waals surface area contributed by atoms with Crippen LogP contribution >= 0.6 is 0 Å². The summed E-state index contributed by atoms with van der Waals surface area (Å²) < 4.78 is 5.26. The van der Waals surface area contributed by atoms with Gasteiger partial charge in [0, 0.05) is 0 Å². The zero-order valence-electron chi connectivity index (χ0n) is 8.12. The second-order valence-electron chi connectivity index (χ2n) is 3.41. The number of aromatic carboxylic acids is 1. The number of nitro groups is 1. The lowest BCUT2D eigenvalue weighted by Crippen LogP contribution is -2.08. The first-order valence-corrected chi connectivity index (χ1v) is 4.62. The smallest absolute Gasteiger partial charge is 0.346 e. The molecule has 7 heteroatoms. The van der Waals surface area contributed by atoms with Crippen molar-refractivity contribution in [2.75, 3.05) is 0 Å². The minimum atomic E-state index is -1.38. The summed E-state index contributed by atoms with van der Waals surface area (Å²) in [6.45, 7) is 0. The third kappa shape index (κ3) is 1.92. The molecule has 0 aliphatic heterocycles. The molecule has 2 rings (SSSR count). The van der Waals surface area contributed by atoms with Crippen LogP contribution in [0.5, 0.6) is 5.75 Å². The van der Waals surface area contributed by atoms with E-state index in [9.17, 15) is 14.9 Å². The van der Waals surface area contributed by atoms with Crippen molar-refractivity contribution >= 4 is 11.7 Å². The molecule has 1 heterocycles. The number of rotatable bonds is 4. The van der Waals surface area contributed by atoms with Crippen LogP contribution in [0.2, 0.25) is 0 Å². The number of hydrogen-bond donors (Lipinski definition) is 1. The highest BCUT2D eigenvalue weighted by Crippen LogP contribution is 2.32. The molecule has 1 fully saturated rings. The predicted octanol–water partition coefficient (Wildman–Crippen LogP) is 1.23. The van der Waals surface area contributed by atoms with Gasteiger partial charge in [0.25, 0.3) is 0 Å². The molecule has 1 aromatic heterocycles. The third-order valence-corrected chi connectivity index (χ3v) is 2.12. The molecular formula is C9H8N2O5. The van der Waals surface area contributed by atoms with Crippen LogP contribution in [-0.2, 0) is 0 Å². The summed E-state index contributed by atoms with van der Waals surface area (Å²) in [5.41, 5.74) is -0.988. The quantitative estimate of drug-likeness (QED) is 0.609. The molecule has 1 N–H and O–H groups in total. The molecule has 0 spiro atoms. The van der Waals surface area contributed by atoms with Crippen LogP contribution in [0.1, 0.15) is 23.2 Å². The van der Waals surface area contributed by atoms with Crippen molar-refractivity contribution in [1.29, 1.82) is 0 Å². The number of aromatic nitrogens is 1. The number of carboxylic acid groups (broad SMARTS) is 1. The molecular weight excluding hydrogens is 216 g/mol. The molecule has 1 aliphatic carbocycles. The van der Waals surface area contributed by atoms with E-state index in [1.165, 1.54) is 6.20 Å². The molecule has 7 nitrogen and oxygen atoms in total. The molecule has 16 heavy (non-hydrogen) atoms. The van der Waals surface area contributed by atoms with E-state index in [0.717, 1.165) is 19.0 Å². The van der Waals surface area contributed by atoms with Gasteiger partial charge in [0.05, 0.1) is 17.2 Å². The van der Waals surface area contributed by atoms with E-state index in [-0.39, 0.29) is 11.9 Å². The van der Waals surface area contributed by atoms with Crippen LogP contribution in [0.4, 0.5) is 5.69 Å². The lowest BCUT2D eigenvalue weighted by atomic mass is 10.2. The summed E-state index contributed by atoms with van der Waals surface area (Å²) in [7, 11) is 0. The monoisotopic (exact) mass is 224 g/mol. The minimum absolute atomic E-state index is 0.0378. The van der Waals surface area contributed by atoms with Gasteiger partial charge in [-0.15, -0.1) is 0 Å². The fraction of sp³-hybridized carbons (Fsp3) is 0.333. The molecule has 0 bridgehead atoms. The Labute approximate surface area is 89.8 Å². The van der Waals surface area contributed by atoms with Gasteiger partial charge in [0.15, 0.2) is 11.3 Å². The Morgan fingerprint density at radius 1 is 1.56 bits per heavy atom. The molecule has 0 aromatic carbocycles. The van der Waals surface area contributed by atoms with Crippen LogP contribution in [0.25, 0.3) is 0 Å². The largest absolute Gasteiger partial charge is 0.488 e. The molecule has 1 aromatic rings. The van der Waals surface area contributed by atoms with E-state index in [4.69, 9.17) is 9.84 Å². The molecule has 0 radical (unpaired) electrons. The van der Waals surface area contributed by atoms with E-state index in [1.807, 2.05) is 0 Å². The Morgan fingerprint density at radius 2 is 2.25 bits per heavy atom. The summed E-state index contributed by atoms with van der Waals surface area (Å²) in [5, 5.41) is 19.5. The van der Waals surface area contributed by atoms with Gasteiger partial charge in [-0.1, -0.05) is 0 Å². The summed E-state index contributed by atoms with van der Waals surface area (Å²) >= 11 is 0. The Morgan fingerprint density at radius 3 is 2.75 bits per heavy atom. The first-order valence-electron chi connectivity index (χ1n) is 4.62. The van der Waals surface area contributed by atoms with Crippen LogP contribution in [0.15, 0.2) is 12.4 Å². The van der Waals surface area contributed by atoms with Gasteiger partial charge < -0.3 is 9.84 Å². The first kappa shape index (κ1) is 10.3. The van der Waals surface area contributed by atoms with Gasteiger partial charge in [-0.25, -0.2) is 4.79 Å². The summed E-state index contributed by atoms with van der Waals surface area (Å²) in [6.07, 6.45) is 3.73. The van der Waals surface area contributed by atoms with Gasteiger partial charge in [-0.05, 0) is 12.8 Å². The maximum atomic E-state index is 10.9. The zero-order valence-corrected chi connectivity index (χ0v) is 8.12. The average Bonchev–Trinajstić information content (AvgIpc) is 3.00. The van der Waals surface area contributed by atoms with E-state index in [0.29, 0.717) is 0 Å². The standard InChI is InChI=1S/C9H8N2O5/c12-9(13)8-6(11(14)15)3-10-4-7(8)16-5-1-2-5/h3-5H,1-2H2,(H,12,13). The highest BCUT2D eigenvalue weighted by atomic mass is 16.6. The average molecular weight is 224 g/mol. The Bertz CT molecular complexity index is 455. The van der Waals surface area contributed by atoms with Crippen molar-refractivity contribution in [2.24, 2.45) is 0 Å². The number of ether oxygens (including phenoxy) is 1. The van der Waals surface area contributed by atoms with Crippen molar-refractivity contribution < 1.29 is 19.6 Å². The Balaban J connectivity index is 2.45. The molecule has 84 valence electrons. The van der Waals surface area contributed by atoms with E-state index >= 15 is 0 Å². The van der Waals surface area contributed by atoms with Gasteiger partial charge in [-0.2, -0.15) is 0 Å². The van der Waals surface area contributed by atoms with Crippen molar-refractivity contribution in [3.63, 3.8) is 0 Å². The topological polar surface area (TPSA) is 103 Å². The summed E-state index contributed by atoms with van der Waals surface area (Å²) in [6, 6.07) is 0. The molecule has 0 saturated heterocycles. The minimum Gasteiger partial charge on any atom is -0.488 e. The lowest BCUT2D eigenvalue weighted by molar-refractivity contribution is -0.385. The number of nitrogens with zero attached hydrogens (tertiary/aromatic N) is 2. The second kappa shape index (κ2) is 3.76. The maximum absolute atomic E-state index is 10.9. The number of hydrogen-bond acceptors (Lipinski definition) is 5. The second-order valence-corrected chi connectivity index (χ2v) is 3.41.